The number of benzene rings is 1. The molecule has 1 unspecified atom stereocenters. The van der Waals surface area contributed by atoms with Gasteiger partial charge in [-0.25, -0.2) is 0 Å². The molecule has 1 saturated heterocycles. The molecule has 20 heavy (non-hydrogen) atoms. The van der Waals surface area contributed by atoms with Crippen LogP contribution in [0.25, 0.3) is 0 Å². The molecule has 1 aliphatic heterocycles. The minimum Gasteiger partial charge on any atom is -0.497 e. The number of methoxy groups -OCH3 is 2. The van der Waals surface area contributed by atoms with Gasteiger partial charge < -0.3 is 14.8 Å². The lowest BCUT2D eigenvalue weighted by atomic mass is 9.98. The first-order valence-corrected chi connectivity index (χ1v) is 6.89. The van der Waals surface area contributed by atoms with Gasteiger partial charge in [-0.15, -0.1) is 0 Å². The first kappa shape index (κ1) is 14.8. The smallest absolute Gasteiger partial charge is 0.314 e. The van der Waals surface area contributed by atoms with E-state index in [0.717, 1.165) is 37.5 Å². The molecule has 1 aromatic rings. The number of nitrogens with one attached hydrogen (secondary N) is 1. The van der Waals surface area contributed by atoms with Gasteiger partial charge >= 0.3 is 5.97 Å². The summed E-state index contributed by atoms with van der Waals surface area (Å²) >= 11 is 0. The van der Waals surface area contributed by atoms with Crippen molar-refractivity contribution in [2.45, 2.75) is 5.92 Å². The molecule has 0 radical (unpaired) electrons. The second-order valence-electron chi connectivity index (χ2n) is 4.90. The summed E-state index contributed by atoms with van der Waals surface area (Å²) in [6.45, 7) is 4.56. The standard InChI is InChI=1S/C15H22N2O3/c1-19-13-5-3-12(4-6-13)14(15(18)20-2)11-17-9-7-16-8-10-17/h3-6,14,16H,7-11H2,1-2H3. The molecule has 1 aliphatic rings. The molecule has 5 nitrogen and oxygen atoms in total. The Hall–Kier alpha value is -1.59. The monoisotopic (exact) mass is 278 g/mol. The van der Waals surface area contributed by atoms with Gasteiger partial charge in [-0.2, -0.15) is 0 Å². The highest BCUT2D eigenvalue weighted by molar-refractivity contribution is 5.78. The van der Waals surface area contributed by atoms with Crippen LogP contribution in [0.2, 0.25) is 0 Å². The number of nitrogens with zero attached hydrogens (tertiary/aromatic N) is 1. The van der Waals surface area contributed by atoms with E-state index in [0.29, 0.717) is 6.54 Å². The van der Waals surface area contributed by atoms with Gasteiger partial charge in [0.2, 0.25) is 0 Å². The van der Waals surface area contributed by atoms with Crippen LogP contribution in [0.5, 0.6) is 5.75 Å². The highest BCUT2D eigenvalue weighted by atomic mass is 16.5. The number of hydrogen-bond donors (Lipinski definition) is 1. The summed E-state index contributed by atoms with van der Waals surface area (Å²) in [4.78, 5) is 14.3. The summed E-state index contributed by atoms with van der Waals surface area (Å²) in [5.41, 5.74) is 0.969. The van der Waals surface area contributed by atoms with Crippen LogP contribution in [-0.4, -0.2) is 57.8 Å². The van der Waals surface area contributed by atoms with Crippen molar-refractivity contribution in [1.29, 1.82) is 0 Å². The summed E-state index contributed by atoms with van der Waals surface area (Å²) in [6, 6.07) is 7.62. The molecular weight excluding hydrogens is 256 g/mol. The minimum absolute atomic E-state index is 0.186. The van der Waals surface area contributed by atoms with E-state index in [4.69, 9.17) is 9.47 Å². The third kappa shape index (κ3) is 3.71. The molecule has 0 saturated carbocycles. The maximum atomic E-state index is 12.0. The number of ether oxygens (including phenoxy) is 2. The molecule has 0 aromatic heterocycles. The molecule has 110 valence electrons. The lowest BCUT2D eigenvalue weighted by molar-refractivity contribution is -0.143. The SMILES string of the molecule is COC(=O)C(CN1CCNCC1)c1ccc(OC)cc1. The van der Waals surface area contributed by atoms with Crippen LogP contribution in [0, 0.1) is 0 Å². The molecule has 0 amide bonds. The van der Waals surface area contributed by atoms with Crippen LogP contribution in [0.3, 0.4) is 0 Å². The van der Waals surface area contributed by atoms with Gasteiger partial charge in [0.05, 0.1) is 20.1 Å². The summed E-state index contributed by atoms with van der Waals surface area (Å²) < 4.78 is 10.1. The van der Waals surface area contributed by atoms with E-state index in [9.17, 15) is 4.79 Å². The van der Waals surface area contributed by atoms with Crippen molar-refractivity contribution in [3.8, 4) is 5.75 Å². The Balaban J connectivity index is 2.10. The third-order valence-electron chi connectivity index (χ3n) is 3.65. The van der Waals surface area contributed by atoms with E-state index in [1.807, 2.05) is 24.3 Å². The number of carbonyl (C=O) groups excluding carboxylic acids is 1. The number of piperazine rings is 1. The van der Waals surface area contributed by atoms with Crippen molar-refractivity contribution in [1.82, 2.24) is 10.2 Å². The zero-order chi connectivity index (χ0) is 14.4. The minimum atomic E-state index is -0.246. The van der Waals surface area contributed by atoms with Crippen molar-refractivity contribution < 1.29 is 14.3 Å². The Bertz CT molecular complexity index is 427. The van der Waals surface area contributed by atoms with Crippen LogP contribution in [0.15, 0.2) is 24.3 Å². The van der Waals surface area contributed by atoms with E-state index in [1.165, 1.54) is 7.11 Å². The topological polar surface area (TPSA) is 50.8 Å². The fourth-order valence-corrected chi connectivity index (χ4v) is 2.45. The summed E-state index contributed by atoms with van der Waals surface area (Å²) in [6.07, 6.45) is 0. The maximum Gasteiger partial charge on any atom is 0.314 e. The highest BCUT2D eigenvalue weighted by Crippen LogP contribution is 2.22. The van der Waals surface area contributed by atoms with E-state index in [2.05, 4.69) is 10.2 Å². The molecule has 1 atom stereocenters. The van der Waals surface area contributed by atoms with Gasteiger partial charge in [0.1, 0.15) is 5.75 Å². The lowest BCUT2D eigenvalue weighted by Crippen LogP contribution is -2.45. The van der Waals surface area contributed by atoms with Gasteiger partial charge in [-0.3, -0.25) is 9.69 Å². The molecule has 0 aliphatic carbocycles. The Morgan fingerprint density at radius 1 is 1.25 bits per heavy atom. The average molecular weight is 278 g/mol. The van der Waals surface area contributed by atoms with Gasteiger partial charge in [0.15, 0.2) is 0 Å². The average Bonchev–Trinajstić information content (AvgIpc) is 2.53. The zero-order valence-electron chi connectivity index (χ0n) is 12.1. The van der Waals surface area contributed by atoms with Crippen molar-refractivity contribution >= 4 is 5.97 Å². The van der Waals surface area contributed by atoms with Gasteiger partial charge in [-0.05, 0) is 17.7 Å². The first-order chi connectivity index (χ1) is 9.74. The van der Waals surface area contributed by atoms with Crippen LogP contribution in [0.4, 0.5) is 0 Å². The summed E-state index contributed by atoms with van der Waals surface area (Å²) in [7, 11) is 3.07. The second-order valence-corrected chi connectivity index (χ2v) is 4.90. The Kier molecular flexibility index (Phi) is 5.38. The van der Waals surface area contributed by atoms with Gasteiger partial charge in [0.25, 0.3) is 0 Å². The Morgan fingerprint density at radius 2 is 1.90 bits per heavy atom. The molecule has 1 N–H and O–H groups in total. The van der Waals surface area contributed by atoms with Crippen LogP contribution in [0.1, 0.15) is 11.5 Å². The number of rotatable bonds is 5. The van der Waals surface area contributed by atoms with Crippen molar-refractivity contribution in [3.05, 3.63) is 29.8 Å². The van der Waals surface area contributed by atoms with Gasteiger partial charge in [0, 0.05) is 32.7 Å². The first-order valence-electron chi connectivity index (χ1n) is 6.89. The number of carbonyl (C=O) groups is 1. The molecule has 1 fully saturated rings. The summed E-state index contributed by atoms with van der Waals surface area (Å²) in [5, 5.41) is 3.31. The molecule has 1 aromatic carbocycles. The van der Waals surface area contributed by atoms with Crippen molar-refractivity contribution in [3.63, 3.8) is 0 Å². The van der Waals surface area contributed by atoms with Crippen LogP contribution in [-0.2, 0) is 9.53 Å². The number of hydrogen-bond acceptors (Lipinski definition) is 5. The predicted molar refractivity (Wildman–Crippen MR) is 77.1 cm³/mol. The van der Waals surface area contributed by atoms with Gasteiger partial charge in [-0.1, -0.05) is 12.1 Å². The molecule has 1 heterocycles. The van der Waals surface area contributed by atoms with E-state index >= 15 is 0 Å². The predicted octanol–water partition coefficient (Wildman–Crippen LogP) is 0.857. The maximum absolute atomic E-state index is 12.0. The fraction of sp³-hybridized carbons (Fsp3) is 0.533. The molecule has 2 rings (SSSR count). The molecule has 5 heteroatoms. The third-order valence-corrected chi connectivity index (χ3v) is 3.65. The molecular formula is C15H22N2O3. The van der Waals surface area contributed by atoms with E-state index in [-0.39, 0.29) is 11.9 Å². The largest absolute Gasteiger partial charge is 0.497 e. The zero-order valence-corrected chi connectivity index (χ0v) is 12.1. The van der Waals surface area contributed by atoms with Crippen LogP contribution < -0.4 is 10.1 Å². The molecule has 0 bridgehead atoms. The highest BCUT2D eigenvalue weighted by Gasteiger charge is 2.25. The molecule has 0 spiro atoms. The second kappa shape index (κ2) is 7.26. The van der Waals surface area contributed by atoms with Crippen LogP contribution >= 0.6 is 0 Å². The number of esters is 1. The van der Waals surface area contributed by atoms with Crippen molar-refractivity contribution in [2.24, 2.45) is 0 Å². The normalized spacial score (nSPS) is 17.5. The Morgan fingerprint density at radius 3 is 2.45 bits per heavy atom. The van der Waals surface area contributed by atoms with E-state index in [1.54, 1.807) is 7.11 Å². The Labute approximate surface area is 119 Å². The lowest BCUT2D eigenvalue weighted by Gasteiger charge is -2.30. The quantitative estimate of drug-likeness (QED) is 0.810. The summed E-state index contributed by atoms with van der Waals surface area (Å²) in [5.74, 6) is 0.359. The van der Waals surface area contributed by atoms with Crippen molar-refractivity contribution in [2.75, 3.05) is 46.9 Å². The van der Waals surface area contributed by atoms with E-state index < -0.39 is 0 Å². The fourth-order valence-electron chi connectivity index (χ4n) is 2.45.